The number of urea groups is 1. The predicted octanol–water partition coefficient (Wildman–Crippen LogP) is 2.92. The minimum absolute atomic E-state index is 0.0158. The van der Waals surface area contributed by atoms with Crippen molar-refractivity contribution in [1.29, 1.82) is 5.26 Å². The Balaban J connectivity index is 1.39. The zero-order valence-electron chi connectivity index (χ0n) is 15.8. The normalized spacial score (nSPS) is 14.6. The van der Waals surface area contributed by atoms with Gasteiger partial charge in [-0.3, -0.25) is 9.69 Å². The predicted molar refractivity (Wildman–Crippen MR) is 108 cm³/mol. The van der Waals surface area contributed by atoms with E-state index in [2.05, 4.69) is 16.0 Å². The number of anilines is 2. The fourth-order valence-electron chi connectivity index (χ4n) is 3.19. The number of hydrogen-bond donors (Lipinski definition) is 3. The molecule has 3 rings (SSSR count). The number of nitrogens with one attached hydrogen (secondary N) is 3. The van der Waals surface area contributed by atoms with Crippen LogP contribution in [0.1, 0.15) is 18.4 Å². The third-order valence-corrected chi connectivity index (χ3v) is 4.67. The summed E-state index contributed by atoms with van der Waals surface area (Å²) in [6.45, 7) is 1.63. The molecule has 2 aromatic carbocycles. The summed E-state index contributed by atoms with van der Waals surface area (Å²) in [6, 6.07) is 14.1. The Kier molecular flexibility index (Phi) is 6.76. The van der Waals surface area contributed by atoms with Crippen molar-refractivity contribution in [1.82, 2.24) is 10.2 Å². The van der Waals surface area contributed by atoms with Crippen molar-refractivity contribution in [2.24, 2.45) is 0 Å². The van der Waals surface area contributed by atoms with E-state index in [0.717, 1.165) is 12.8 Å². The fraction of sp³-hybridized carbons (Fsp3) is 0.286. The van der Waals surface area contributed by atoms with E-state index in [4.69, 9.17) is 5.26 Å². The van der Waals surface area contributed by atoms with Crippen LogP contribution in [0.3, 0.4) is 0 Å². The summed E-state index contributed by atoms with van der Waals surface area (Å²) in [6.07, 6.45) is 1.46. The second-order valence-corrected chi connectivity index (χ2v) is 6.90. The lowest BCUT2D eigenvalue weighted by molar-refractivity contribution is -0.117. The third kappa shape index (κ3) is 6.30. The number of rotatable bonds is 5. The molecule has 1 fully saturated rings. The van der Waals surface area contributed by atoms with Crippen molar-refractivity contribution in [3.63, 3.8) is 0 Å². The number of carbonyl (C=O) groups excluding carboxylic acids is 2. The van der Waals surface area contributed by atoms with E-state index in [1.165, 1.54) is 24.3 Å². The molecule has 29 heavy (non-hydrogen) atoms. The van der Waals surface area contributed by atoms with Crippen LogP contribution in [0, 0.1) is 17.1 Å². The number of carbonyl (C=O) groups is 2. The molecule has 0 unspecified atom stereocenters. The van der Waals surface area contributed by atoms with Gasteiger partial charge in [0, 0.05) is 30.5 Å². The Morgan fingerprint density at radius 2 is 1.79 bits per heavy atom. The van der Waals surface area contributed by atoms with Crippen molar-refractivity contribution in [3.8, 4) is 6.07 Å². The molecule has 0 aliphatic carbocycles. The van der Waals surface area contributed by atoms with Gasteiger partial charge in [-0.25, -0.2) is 9.18 Å². The molecular weight excluding hydrogens is 373 g/mol. The Morgan fingerprint density at radius 3 is 2.48 bits per heavy atom. The van der Waals surface area contributed by atoms with Gasteiger partial charge in [0.1, 0.15) is 5.82 Å². The van der Waals surface area contributed by atoms with Gasteiger partial charge in [0.25, 0.3) is 0 Å². The molecule has 0 aromatic heterocycles. The molecule has 8 heteroatoms. The number of piperidine rings is 1. The number of amides is 3. The number of nitrogens with zero attached hydrogens (tertiary/aromatic N) is 2. The van der Waals surface area contributed by atoms with Crippen LogP contribution in [-0.4, -0.2) is 42.5 Å². The van der Waals surface area contributed by atoms with Gasteiger partial charge in [-0.2, -0.15) is 5.26 Å². The maximum absolute atomic E-state index is 12.9. The molecule has 1 aliphatic heterocycles. The number of nitriles is 1. The van der Waals surface area contributed by atoms with Gasteiger partial charge in [0.15, 0.2) is 0 Å². The second kappa shape index (κ2) is 9.66. The lowest BCUT2D eigenvalue weighted by Crippen LogP contribution is -2.47. The summed E-state index contributed by atoms with van der Waals surface area (Å²) in [5.74, 6) is -0.495. The zero-order valence-corrected chi connectivity index (χ0v) is 15.8. The van der Waals surface area contributed by atoms with Gasteiger partial charge in [0.05, 0.1) is 18.2 Å². The van der Waals surface area contributed by atoms with Gasteiger partial charge in [-0.05, 0) is 55.3 Å². The molecule has 150 valence electrons. The van der Waals surface area contributed by atoms with Crippen LogP contribution >= 0.6 is 0 Å². The molecule has 0 radical (unpaired) electrons. The Morgan fingerprint density at radius 1 is 1.07 bits per heavy atom. The van der Waals surface area contributed by atoms with E-state index in [9.17, 15) is 14.0 Å². The first kappa shape index (κ1) is 20.3. The molecule has 1 heterocycles. The van der Waals surface area contributed by atoms with Gasteiger partial charge < -0.3 is 16.0 Å². The molecule has 2 aromatic rings. The fourth-order valence-corrected chi connectivity index (χ4v) is 3.19. The van der Waals surface area contributed by atoms with Gasteiger partial charge in [-0.15, -0.1) is 0 Å². The van der Waals surface area contributed by atoms with Crippen molar-refractivity contribution in [2.75, 3.05) is 30.3 Å². The number of hydrogen-bond acceptors (Lipinski definition) is 4. The molecule has 0 spiro atoms. The summed E-state index contributed by atoms with van der Waals surface area (Å²) in [4.78, 5) is 26.3. The third-order valence-electron chi connectivity index (χ3n) is 4.67. The van der Waals surface area contributed by atoms with E-state index < -0.39 is 0 Å². The monoisotopic (exact) mass is 395 g/mol. The summed E-state index contributed by atoms with van der Waals surface area (Å²) < 4.78 is 12.9. The average Bonchev–Trinajstić information content (AvgIpc) is 2.71. The van der Waals surface area contributed by atoms with Crippen molar-refractivity contribution in [3.05, 3.63) is 59.9 Å². The number of halogens is 1. The van der Waals surface area contributed by atoms with Crippen LogP contribution < -0.4 is 16.0 Å². The van der Waals surface area contributed by atoms with E-state index >= 15 is 0 Å². The van der Waals surface area contributed by atoms with Crippen molar-refractivity contribution >= 4 is 23.3 Å². The first-order valence-electron chi connectivity index (χ1n) is 9.37. The molecule has 0 saturated carbocycles. The molecule has 7 nitrogen and oxygen atoms in total. The van der Waals surface area contributed by atoms with Gasteiger partial charge in [-0.1, -0.05) is 6.07 Å². The standard InChI is InChI=1S/C21H22FN5O2/c22-16-4-6-17(7-5-16)25-21(29)26-18-8-10-27(11-9-18)14-20(28)24-19-3-1-2-15(12-19)13-23/h1-7,12,18H,8-11,14H2,(H,24,28)(H2,25,26,29). The van der Waals surface area contributed by atoms with Crippen LogP contribution in [0.15, 0.2) is 48.5 Å². The van der Waals surface area contributed by atoms with Crippen molar-refractivity contribution in [2.45, 2.75) is 18.9 Å². The Hall–Kier alpha value is -3.44. The summed E-state index contributed by atoms with van der Waals surface area (Å²) in [5, 5.41) is 17.3. The van der Waals surface area contributed by atoms with Crippen LogP contribution in [0.4, 0.5) is 20.6 Å². The molecule has 3 N–H and O–H groups in total. The smallest absolute Gasteiger partial charge is 0.319 e. The quantitative estimate of drug-likeness (QED) is 0.725. The highest BCUT2D eigenvalue weighted by Crippen LogP contribution is 2.13. The van der Waals surface area contributed by atoms with Crippen LogP contribution in [-0.2, 0) is 4.79 Å². The minimum atomic E-state index is -0.356. The van der Waals surface area contributed by atoms with E-state index in [1.807, 2.05) is 11.0 Å². The lowest BCUT2D eigenvalue weighted by Gasteiger charge is -2.31. The SMILES string of the molecule is N#Cc1cccc(NC(=O)CN2CCC(NC(=O)Nc3ccc(F)cc3)CC2)c1. The maximum atomic E-state index is 12.9. The Bertz CT molecular complexity index is 902. The highest BCUT2D eigenvalue weighted by Gasteiger charge is 2.22. The summed E-state index contributed by atoms with van der Waals surface area (Å²) >= 11 is 0. The minimum Gasteiger partial charge on any atom is -0.335 e. The van der Waals surface area contributed by atoms with E-state index in [1.54, 1.807) is 24.3 Å². The van der Waals surface area contributed by atoms with Crippen LogP contribution in [0.2, 0.25) is 0 Å². The number of benzene rings is 2. The van der Waals surface area contributed by atoms with Crippen molar-refractivity contribution < 1.29 is 14.0 Å². The first-order chi connectivity index (χ1) is 14.0. The topological polar surface area (TPSA) is 97.3 Å². The molecule has 1 saturated heterocycles. The molecule has 1 aliphatic rings. The van der Waals surface area contributed by atoms with E-state index in [0.29, 0.717) is 30.0 Å². The molecule has 3 amide bonds. The van der Waals surface area contributed by atoms with Crippen LogP contribution in [0.25, 0.3) is 0 Å². The number of likely N-dealkylation sites (tertiary alicyclic amines) is 1. The highest BCUT2D eigenvalue weighted by molar-refractivity contribution is 5.92. The van der Waals surface area contributed by atoms with Crippen LogP contribution in [0.5, 0.6) is 0 Å². The molecule has 0 bridgehead atoms. The molecular formula is C21H22FN5O2. The van der Waals surface area contributed by atoms with Gasteiger partial charge >= 0.3 is 6.03 Å². The summed E-state index contributed by atoms with van der Waals surface area (Å²) in [7, 11) is 0. The zero-order chi connectivity index (χ0) is 20.6. The largest absolute Gasteiger partial charge is 0.335 e. The highest BCUT2D eigenvalue weighted by atomic mass is 19.1. The van der Waals surface area contributed by atoms with E-state index in [-0.39, 0.29) is 30.3 Å². The Labute approximate surface area is 168 Å². The second-order valence-electron chi connectivity index (χ2n) is 6.90. The average molecular weight is 395 g/mol. The first-order valence-corrected chi connectivity index (χ1v) is 9.37. The maximum Gasteiger partial charge on any atom is 0.319 e. The molecule has 0 atom stereocenters. The van der Waals surface area contributed by atoms with Gasteiger partial charge in [0.2, 0.25) is 5.91 Å². The lowest BCUT2D eigenvalue weighted by atomic mass is 10.1. The summed E-state index contributed by atoms with van der Waals surface area (Å²) in [5.41, 5.74) is 1.62.